The first kappa shape index (κ1) is 12.4. The molecule has 0 amide bonds. The van der Waals surface area contributed by atoms with Gasteiger partial charge in [-0.25, -0.2) is 0 Å². The Balaban J connectivity index is 1.84. The van der Waals surface area contributed by atoms with Crippen LogP contribution in [-0.2, 0) is 13.3 Å². The van der Waals surface area contributed by atoms with Crippen LogP contribution in [0.25, 0.3) is 0 Å². The number of hydrogen-bond acceptors (Lipinski definition) is 4. The lowest BCUT2D eigenvalue weighted by Crippen LogP contribution is -2.52. The molecule has 6 heteroatoms. The highest BCUT2D eigenvalue weighted by Gasteiger charge is 2.64. The van der Waals surface area contributed by atoms with E-state index in [1.54, 1.807) is 0 Å². The van der Waals surface area contributed by atoms with Gasteiger partial charge in [-0.05, 0) is 20.3 Å². The van der Waals surface area contributed by atoms with Crippen molar-refractivity contribution in [2.45, 2.75) is 44.1 Å². The molecule has 0 saturated carbocycles. The molecule has 4 rings (SSSR count). The van der Waals surface area contributed by atoms with Crippen molar-refractivity contribution in [3.05, 3.63) is 0 Å². The Labute approximate surface area is 109 Å². The number of nitrogens with zero attached hydrogens (tertiary/aromatic N) is 1. The van der Waals surface area contributed by atoms with E-state index < -0.39 is 8.80 Å². The number of fused-ring (bicyclic) bond motifs is 2. The molecular formula is C11H20ClNO3Si. The maximum absolute atomic E-state index is 6.30. The van der Waals surface area contributed by atoms with Crippen LogP contribution >= 0.6 is 11.6 Å². The van der Waals surface area contributed by atoms with Gasteiger partial charge in [0.15, 0.2) is 0 Å². The molecule has 4 bridgehead atoms. The summed E-state index contributed by atoms with van der Waals surface area (Å²) in [5, 5.41) is 0. The van der Waals surface area contributed by atoms with Crippen LogP contribution in [0.1, 0.15) is 20.3 Å². The Hall–Kier alpha value is 0.347. The molecule has 4 aliphatic rings. The number of halogens is 1. The molecule has 4 saturated heterocycles. The molecule has 0 aromatic carbocycles. The van der Waals surface area contributed by atoms with E-state index in [9.17, 15) is 0 Å². The zero-order valence-corrected chi connectivity index (χ0v) is 12.2. The molecule has 17 heavy (non-hydrogen) atoms. The second-order valence-corrected chi connectivity index (χ2v) is 8.54. The van der Waals surface area contributed by atoms with Gasteiger partial charge in [0, 0.05) is 31.6 Å². The summed E-state index contributed by atoms with van der Waals surface area (Å²) >= 11 is 5.79. The van der Waals surface area contributed by atoms with Gasteiger partial charge in [0.25, 0.3) is 0 Å². The fraction of sp³-hybridized carbons (Fsp3) is 1.00. The first-order valence-electron chi connectivity index (χ1n) is 6.39. The second kappa shape index (κ2) is 4.18. The molecule has 4 aliphatic heterocycles. The van der Waals surface area contributed by atoms with Crippen LogP contribution in [0, 0.1) is 0 Å². The van der Waals surface area contributed by atoms with Crippen LogP contribution in [-0.4, -0.2) is 57.0 Å². The molecule has 4 nitrogen and oxygen atoms in total. The summed E-state index contributed by atoms with van der Waals surface area (Å²) in [6, 6.07) is 0.854. The molecule has 0 radical (unpaired) electrons. The third kappa shape index (κ3) is 2.07. The van der Waals surface area contributed by atoms with Gasteiger partial charge < -0.3 is 13.3 Å². The second-order valence-electron chi connectivity index (χ2n) is 5.62. The minimum Gasteiger partial charge on any atom is -0.369 e. The van der Waals surface area contributed by atoms with Crippen molar-refractivity contribution < 1.29 is 13.3 Å². The van der Waals surface area contributed by atoms with E-state index in [2.05, 4.69) is 18.7 Å². The van der Waals surface area contributed by atoms with Crippen LogP contribution in [0.2, 0.25) is 6.04 Å². The first-order valence-corrected chi connectivity index (χ1v) is 8.86. The Morgan fingerprint density at radius 3 is 2.94 bits per heavy atom. The number of hydrogen-bond donors (Lipinski definition) is 0. The molecule has 98 valence electrons. The molecular weight excluding hydrogens is 258 g/mol. The van der Waals surface area contributed by atoms with Gasteiger partial charge in [0.2, 0.25) is 0 Å². The molecule has 4 heterocycles. The predicted octanol–water partition coefficient (Wildman–Crippen LogP) is 1.46. The Morgan fingerprint density at radius 1 is 1.41 bits per heavy atom. The Kier molecular flexibility index (Phi) is 3.05. The average molecular weight is 278 g/mol. The summed E-state index contributed by atoms with van der Waals surface area (Å²) < 4.78 is 18.6. The monoisotopic (exact) mass is 277 g/mol. The van der Waals surface area contributed by atoms with Crippen molar-refractivity contribution in [2.75, 3.05) is 25.5 Å². The summed E-state index contributed by atoms with van der Waals surface area (Å²) in [6.07, 6.45) is 1.30. The predicted molar refractivity (Wildman–Crippen MR) is 67.2 cm³/mol. The zero-order valence-electron chi connectivity index (χ0n) is 10.4. The minimum atomic E-state index is -2.46. The summed E-state index contributed by atoms with van der Waals surface area (Å²) in [5.41, 5.74) is -0.154. The van der Waals surface area contributed by atoms with Gasteiger partial charge in [-0.3, -0.25) is 4.90 Å². The highest BCUT2D eigenvalue weighted by Crippen LogP contribution is 2.44. The van der Waals surface area contributed by atoms with Crippen LogP contribution in [0.15, 0.2) is 0 Å². The molecule has 4 fully saturated rings. The van der Waals surface area contributed by atoms with Crippen molar-refractivity contribution in [1.29, 1.82) is 0 Å². The van der Waals surface area contributed by atoms with E-state index >= 15 is 0 Å². The highest BCUT2D eigenvalue weighted by molar-refractivity contribution is 6.61. The fourth-order valence-electron chi connectivity index (χ4n) is 3.24. The molecule has 5 atom stereocenters. The van der Waals surface area contributed by atoms with Crippen molar-refractivity contribution in [2.24, 2.45) is 0 Å². The summed E-state index contributed by atoms with van der Waals surface area (Å²) in [4.78, 5) is 2.38. The number of rotatable bonds is 3. The van der Waals surface area contributed by atoms with Gasteiger partial charge in [0.05, 0.1) is 17.8 Å². The van der Waals surface area contributed by atoms with E-state index in [1.807, 2.05) is 0 Å². The normalized spacial score (nSPS) is 52.8. The zero-order chi connectivity index (χ0) is 12.1. The SMILES string of the molecule is CC1CN2CC3O[Si](CCCCl)(O1)OC3(C)C2. The van der Waals surface area contributed by atoms with E-state index in [0.717, 1.165) is 32.1 Å². The lowest BCUT2D eigenvalue weighted by atomic mass is 10.0. The largest absolute Gasteiger partial charge is 0.502 e. The van der Waals surface area contributed by atoms with Crippen molar-refractivity contribution >= 4 is 20.4 Å². The molecule has 0 spiro atoms. The van der Waals surface area contributed by atoms with Crippen molar-refractivity contribution in [1.82, 2.24) is 4.90 Å². The van der Waals surface area contributed by atoms with Crippen LogP contribution in [0.5, 0.6) is 0 Å². The lowest BCUT2D eigenvalue weighted by molar-refractivity contribution is 0.00622. The third-order valence-electron chi connectivity index (χ3n) is 3.87. The van der Waals surface area contributed by atoms with Gasteiger partial charge >= 0.3 is 8.80 Å². The summed E-state index contributed by atoms with van der Waals surface area (Å²) in [5.74, 6) is 0.646. The third-order valence-corrected chi connectivity index (χ3v) is 7.28. The quantitative estimate of drug-likeness (QED) is 0.577. The standard InChI is InChI=1S/C11H20ClNO3Si/c1-9-6-13-7-10-11(2,8-13)16-17(14-9,15-10)5-3-4-12/h9-10H,3-8H2,1-2H3. The Bertz CT molecular complexity index is 321. The Morgan fingerprint density at radius 2 is 2.24 bits per heavy atom. The molecule has 0 aliphatic carbocycles. The molecule has 0 N–H and O–H groups in total. The lowest BCUT2D eigenvalue weighted by Gasteiger charge is -2.35. The summed E-state index contributed by atoms with van der Waals surface area (Å²) in [7, 11) is -2.46. The minimum absolute atomic E-state index is 0.154. The average Bonchev–Trinajstić information content (AvgIpc) is 2.62. The van der Waals surface area contributed by atoms with E-state index in [-0.39, 0.29) is 17.8 Å². The van der Waals surface area contributed by atoms with Gasteiger partial charge in [-0.1, -0.05) is 0 Å². The summed E-state index contributed by atoms with van der Waals surface area (Å²) in [6.45, 7) is 7.22. The van der Waals surface area contributed by atoms with Gasteiger partial charge in [-0.2, -0.15) is 0 Å². The number of alkyl halides is 1. The molecule has 0 aromatic heterocycles. The van der Waals surface area contributed by atoms with Crippen LogP contribution in [0.3, 0.4) is 0 Å². The van der Waals surface area contributed by atoms with Crippen LogP contribution in [0.4, 0.5) is 0 Å². The van der Waals surface area contributed by atoms with E-state index in [1.165, 1.54) is 0 Å². The smallest absolute Gasteiger partial charge is 0.369 e. The fourth-order valence-corrected chi connectivity index (χ4v) is 7.05. The molecule has 5 unspecified atom stereocenters. The maximum atomic E-state index is 6.30. The van der Waals surface area contributed by atoms with E-state index in [4.69, 9.17) is 24.9 Å². The topological polar surface area (TPSA) is 30.9 Å². The van der Waals surface area contributed by atoms with Crippen molar-refractivity contribution in [3.8, 4) is 0 Å². The van der Waals surface area contributed by atoms with Gasteiger partial charge in [-0.15, -0.1) is 11.6 Å². The molecule has 0 aromatic rings. The van der Waals surface area contributed by atoms with Gasteiger partial charge in [0.1, 0.15) is 0 Å². The van der Waals surface area contributed by atoms with Crippen molar-refractivity contribution in [3.63, 3.8) is 0 Å². The van der Waals surface area contributed by atoms with E-state index in [0.29, 0.717) is 5.88 Å². The maximum Gasteiger partial charge on any atom is 0.502 e. The van der Waals surface area contributed by atoms with Crippen LogP contribution < -0.4 is 0 Å². The highest BCUT2D eigenvalue weighted by atomic mass is 35.5. The first-order chi connectivity index (χ1) is 8.05.